The zero-order valence-electron chi connectivity index (χ0n) is 20.2. The summed E-state index contributed by atoms with van der Waals surface area (Å²) in [4.78, 5) is 26.3. The summed E-state index contributed by atoms with van der Waals surface area (Å²) in [6, 6.07) is 17.3. The molecule has 1 fully saturated rings. The first-order chi connectivity index (χ1) is 16.6. The number of hydrogen-bond donors (Lipinski definition) is 3. The first kappa shape index (κ1) is 26.5. The number of allylic oxidation sites excluding steroid dienone is 1. The van der Waals surface area contributed by atoms with Crippen LogP contribution in [0.4, 0.5) is 0 Å². The maximum absolute atomic E-state index is 13.3. The minimum atomic E-state index is -1.54. The van der Waals surface area contributed by atoms with Gasteiger partial charge >= 0.3 is 11.9 Å². The van der Waals surface area contributed by atoms with E-state index in [-0.39, 0.29) is 19.3 Å². The highest BCUT2D eigenvalue weighted by atomic mass is 35.5. The van der Waals surface area contributed by atoms with Gasteiger partial charge < -0.3 is 15.5 Å². The molecular weight excluding hydrogens is 464 g/mol. The molecule has 0 amide bonds. The predicted octanol–water partition coefficient (Wildman–Crippen LogP) is 5.74. The zero-order chi connectivity index (χ0) is 25.8. The molecule has 0 aromatic heterocycles. The highest BCUT2D eigenvalue weighted by Gasteiger charge is 2.66. The average molecular weight is 495 g/mol. The van der Waals surface area contributed by atoms with E-state index in [0.717, 1.165) is 11.1 Å². The molecule has 7 heteroatoms. The van der Waals surface area contributed by atoms with E-state index in [1.165, 1.54) is 0 Å². The normalized spacial score (nSPS) is 28.8. The molecule has 0 saturated carbocycles. The third kappa shape index (κ3) is 4.84. The molecular formula is C28H31ClN2O4. The van der Waals surface area contributed by atoms with Gasteiger partial charge in [0.05, 0.1) is 16.9 Å². The number of piperidine rings is 1. The van der Waals surface area contributed by atoms with Gasteiger partial charge in [-0.15, -0.1) is 0 Å². The van der Waals surface area contributed by atoms with E-state index in [0.29, 0.717) is 10.6 Å². The summed E-state index contributed by atoms with van der Waals surface area (Å²) in [5, 5.41) is 34.6. The van der Waals surface area contributed by atoms with Crippen LogP contribution in [0.1, 0.15) is 57.1 Å². The number of carboxylic acids is 2. The number of carboxylic acid groups (broad SMARTS) is 2. The van der Waals surface area contributed by atoms with Gasteiger partial charge in [0, 0.05) is 29.4 Å². The van der Waals surface area contributed by atoms with E-state index < -0.39 is 40.8 Å². The van der Waals surface area contributed by atoms with Crippen molar-refractivity contribution in [1.82, 2.24) is 5.32 Å². The maximum Gasteiger partial charge on any atom is 0.312 e. The Hall–Kier alpha value is -3.14. The van der Waals surface area contributed by atoms with E-state index >= 15 is 0 Å². The fourth-order valence-electron chi connectivity index (χ4n) is 5.94. The Morgan fingerprint density at radius 1 is 1.06 bits per heavy atom. The maximum atomic E-state index is 13.3. The summed E-state index contributed by atoms with van der Waals surface area (Å²) in [6.07, 6.45) is 2.05. The lowest BCUT2D eigenvalue weighted by atomic mass is 9.49. The van der Waals surface area contributed by atoms with Gasteiger partial charge in [-0.05, 0) is 56.9 Å². The Morgan fingerprint density at radius 3 is 2.26 bits per heavy atom. The van der Waals surface area contributed by atoms with E-state index in [1.807, 2.05) is 43.3 Å². The Bertz CT molecular complexity index is 1160. The van der Waals surface area contributed by atoms with Crippen LogP contribution in [0.2, 0.25) is 5.02 Å². The zero-order valence-corrected chi connectivity index (χ0v) is 20.9. The Labute approximate surface area is 211 Å². The van der Waals surface area contributed by atoms with Crippen molar-refractivity contribution >= 4 is 29.6 Å². The van der Waals surface area contributed by atoms with Crippen LogP contribution in [0.3, 0.4) is 0 Å². The van der Waals surface area contributed by atoms with Crippen molar-refractivity contribution in [1.29, 1.82) is 5.26 Å². The van der Waals surface area contributed by atoms with Crippen molar-refractivity contribution in [2.75, 3.05) is 0 Å². The van der Waals surface area contributed by atoms with Crippen LogP contribution in [-0.4, -0.2) is 34.2 Å². The molecule has 1 aliphatic heterocycles. The van der Waals surface area contributed by atoms with Crippen LogP contribution in [-0.2, 0) is 9.59 Å². The number of aliphatic carboxylic acids is 2. The van der Waals surface area contributed by atoms with Crippen LogP contribution in [0.5, 0.6) is 0 Å². The second kappa shape index (κ2) is 10.6. The number of rotatable bonds is 8. The van der Waals surface area contributed by atoms with Crippen LogP contribution >= 0.6 is 11.6 Å². The summed E-state index contributed by atoms with van der Waals surface area (Å²) < 4.78 is 0. The van der Waals surface area contributed by atoms with Crippen LogP contribution in [0.25, 0.3) is 6.08 Å². The first-order valence-electron chi connectivity index (χ1n) is 11.7. The average Bonchev–Trinajstić information content (AvgIpc) is 2.80. The van der Waals surface area contributed by atoms with E-state index in [9.17, 15) is 25.1 Å². The number of hydrogen-bond acceptors (Lipinski definition) is 4. The standard InChI is InChI=1S/C28H31ClN2O4/c1-18(15-21-9-5-4-6-10-21)17-28(26(34)35)20(3)31-19(2)27(25(32)33,13-8-14-30)24(28)22-11-7-12-23(29)16-22/h4-7,9-12,15-16,19-20,24,31H,8,13,17H2,1-3H3,(H,32,33)(H,34,35). The van der Waals surface area contributed by atoms with Crippen LogP contribution in [0.15, 0.2) is 60.2 Å². The molecule has 1 saturated heterocycles. The summed E-state index contributed by atoms with van der Waals surface area (Å²) in [5.41, 5.74) is -0.761. The number of carbonyl (C=O) groups is 2. The molecule has 2 aromatic rings. The van der Waals surface area contributed by atoms with Crippen molar-refractivity contribution in [2.45, 2.75) is 58.0 Å². The van der Waals surface area contributed by atoms with Crippen LogP contribution < -0.4 is 5.32 Å². The highest BCUT2D eigenvalue weighted by molar-refractivity contribution is 6.30. The molecule has 3 rings (SSSR count). The molecule has 1 heterocycles. The summed E-state index contributed by atoms with van der Waals surface area (Å²) >= 11 is 6.33. The van der Waals surface area contributed by atoms with Gasteiger partial charge in [-0.3, -0.25) is 9.59 Å². The first-order valence-corrected chi connectivity index (χ1v) is 12.0. The second-order valence-electron chi connectivity index (χ2n) is 9.53. The molecule has 1 aliphatic rings. The molecule has 35 heavy (non-hydrogen) atoms. The number of halogens is 1. The highest BCUT2D eigenvalue weighted by Crippen LogP contribution is 2.59. The van der Waals surface area contributed by atoms with Gasteiger partial charge in [0.15, 0.2) is 0 Å². The fourth-order valence-corrected chi connectivity index (χ4v) is 6.14. The van der Waals surface area contributed by atoms with E-state index in [4.69, 9.17) is 11.6 Å². The van der Waals surface area contributed by atoms with Gasteiger partial charge in [-0.25, -0.2) is 0 Å². The lowest BCUT2D eigenvalue weighted by molar-refractivity contribution is -0.173. The minimum absolute atomic E-state index is 0.00732. The van der Waals surface area contributed by atoms with Crippen molar-refractivity contribution in [3.8, 4) is 6.07 Å². The Balaban J connectivity index is 2.31. The van der Waals surface area contributed by atoms with E-state index in [1.54, 1.807) is 38.1 Å². The van der Waals surface area contributed by atoms with Gasteiger partial charge in [0.25, 0.3) is 0 Å². The molecule has 0 aliphatic carbocycles. The molecule has 5 unspecified atom stereocenters. The van der Waals surface area contributed by atoms with Crippen molar-refractivity contribution in [3.05, 3.63) is 76.3 Å². The Morgan fingerprint density at radius 2 is 1.69 bits per heavy atom. The molecule has 0 radical (unpaired) electrons. The second-order valence-corrected chi connectivity index (χ2v) is 9.96. The number of nitrogens with zero attached hydrogens (tertiary/aromatic N) is 1. The molecule has 0 bridgehead atoms. The molecule has 3 N–H and O–H groups in total. The van der Waals surface area contributed by atoms with Gasteiger partial charge in [-0.1, -0.05) is 65.7 Å². The largest absolute Gasteiger partial charge is 0.481 e. The molecule has 5 atom stereocenters. The van der Waals surface area contributed by atoms with E-state index in [2.05, 4.69) is 11.4 Å². The lowest BCUT2D eigenvalue weighted by Gasteiger charge is -2.57. The molecule has 2 aromatic carbocycles. The smallest absolute Gasteiger partial charge is 0.312 e. The van der Waals surface area contributed by atoms with Crippen molar-refractivity contribution in [2.24, 2.45) is 10.8 Å². The predicted molar refractivity (Wildman–Crippen MR) is 136 cm³/mol. The molecule has 0 spiro atoms. The fraction of sp³-hybridized carbons (Fsp3) is 0.393. The number of nitriles is 1. The van der Waals surface area contributed by atoms with Crippen LogP contribution in [0, 0.1) is 22.2 Å². The summed E-state index contributed by atoms with van der Waals surface area (Å²) in [5.74, 6) is -3.15. The number of benzene rings is 2. The SMILES string of the molecule is CC(=Cc1ccccc1)CC1(C(=O)O)C(C)NC(C)C(CCC#N)(C(=O)O)C1c1cccc(Cl)c1. The monoisotopic (exact) mass is 494 g/mol. The Kier molecular flexibility index (Phi) is 8.04. The topological polar surface area (TPSA) is 110 Å². The number of nitrogens with one attached hydrogen (secondary N) is 1. The van der Waals surface area contributed by atoms with Gasteiger partial charge in [0.1, 0.15) is 0 Å². The lowest BCUT2D eigenvalue weighted by Crippen LogP contribution is -2.69. The van der Waals surface area contributed by atoms with Crippen molar-refractivity contribution < 1.29 is 19.8 Å². The van der Waals surface area contributed by atoms with Gasteiger partial charge in [-0.2, -0.15) is 5.26 Å². The minimum Gasteiger partial charge on any atom is -0.481 e. The summed E-state index contributed by atoms with van der Waals surface area (Å²) in [6.45, 7) is 5.43. The summed E-state index contributed by atoms with van der Waals surface area (Å²) in [7, 11) is 0. The molecule has 184 valence electrons. The van der Waals surface area contributed by atoms with Crippen molar-refractivity contribution in [3.63, 3.8) is 0 Å². The molecule has 6 nitrogen and oxygen atoms in total. The third-order valence-corrected chi connectivity index (χ3v) is 7.72. The third-order valence-electron chi connectivity index (χ3n) is 7.49. The van der Waals surface area contributed by atoms with Gasteiger partial charge in [0.2, 0.25) is 0 Å². The quantitative estimate of drug-likeness (QED) is 0.431.